The first-order valence-electron chi connectivity index (χ1n) is 10.7. The number of carbonyl (C=O) groups excluding carboxylic acids is 2. The second kappa shape index (κ2) is 9.11. The van der Waals surface area contributed by atoms with Crippen molar-refractivity contribution in [3.8, 4) is 0 Å². The summed E-state index contributed by atoms with van der Waals surface area (Å²) in [5, 5.41) is 2.04. The molecule has 4 aromatic rings. The zero-order chi connectivity index (χ0) is 23.7. The standard InChI is InChI=1S/C24H24N4O4S/c1-5-32-24(31)17-12-16-20(25-19-15(4)8-6-10-27(19)23(16)30)28(13-14(2)3)21(17)26-22(29)18-9-7-11-33-18/h6-12,14H,5,13H2,1-4H3. The highest BCUT2D eigenvalue weighted by molar-refractivity contribution is 7.12. The van der Waals surface area contributed by atoms with Crippen LogP contribution in [0.1, 0.15) is 46.4 Å². The molecule has 0 atom stereocenters. The Balaban J connectivity index is 2.18. The Morgan fingerprint density at radius 1 is 1.21 bits per heavy atom. The van der Waals surface area contributed by atoms with E-state index in [1.165, 1.54) is 21.8 Å². The van der Waals surface area contributed by atoms with Gasteiger partial charge in [-0.05, 0) is 48.9 Å². The number of carbonyl (C=O) groups is 2. The molecule has 4 rings (SSSR count). The maximum absolute atomic E-state index is 13.4. The largest absolute Gasteiger partial charge is 0.462 e. The number of aromatic nitrogens is 3. The molecule has 0 N–H and O–H groups in total. The van der Waals surface area contributed by atoms with Crippen molar-refractivity contribution in [2.75, 3.05) is 6.61 Å². The number of esters is 1. The van der Waals surface area contributed by atoms with Crippen LogP contribution in [0.4, 0.5) is 0 Å². The van der Waals surface area contributed by atoms with E-state index < -0.39 is 11.9 Å². The summed E-state index contributed by atoms with van der Waals surface area (Å²) >= 11 is 1.27. The topological polar surface area (TPSA) is 95.0 Å². The van der Waals surface area contributed by atoms with Crippen molar-refractivity contribution >= 4 is 39.9 Å². The molecule has 170 valence electrons. The van der Waals surface area contributed by atoms with Gasteiger partial charge in [0.25, 0.3) is 11.5 Å². The highest BCUT2D eigenvalue weighted by Gasteiger charge is 2.21. The van der Waals surface area contributed by atoms with Gasteiger partial charge in [0.15, 0.2) is 5.49 Å². The molecule has 8 nitrogen and oxygen atoms in total. The Morgan fingerprint density at radius 2 is 2.00 bits per heavy atom. The fourth-order valence-electron chi connectivity index (χ4n) is 3.66. The molecular weight excluding hydrogens is 440 g/mol. The summed E-state index contributed by atoms with van der Waals surface area (Å²) in [6, 6.07) is 8.53. The van der Waals surface area contributed by atoms with Gasteiger partial charge in [-0.1, -0.05) is 26.0 Å². The van der Waals surface area contributed by atoms with Crippen molar-refractivity contribution in [2.45, 2.75) is 34.2 Å². The summed E-state index contributed by atoms with van der Waals surface area (Å²) in [5.41, 5.74) is 1.59. The molecule has 0 saturated carbocycles. The normalized spacial score (nSPS) is 12.1. The van der Waals surface area contributed by atoms with Gasteiger partial charge >= 0.3 is 5.97 Å². The van der Waals surface area contributed by atoms with Crippen LogP contribution in [0, 0.1) is 12.8 Å². The number of amides is 1. The molecular formula is C24H24N4O4S. The second-order valence-electron chi connectivity index (χ2n) is 8.04. The molecule has 0 spiro atoms. The second-order valence-corrected chi connectivity index (χ2v) is 8.99. The van der Waals surface area contributed by atoms with Crippen molar-refractivity contribution in [3.05, 3.63) is 73.8 Å². The highest BCUT2D eigenvalue weighted by Crippen LogP contribution is 2.16. The van der Waals surface area contributed by atoms with Crippen molar-refractivity contribution in [1.29, 1.82) is 0 Å². The average molecular weight is 465 g/mol. The van der Waals surface area contributed by atoms with Crippen LogP contribution in [0.2, 0.25) is 0 Å². The summed E-state index contributed by atoms with van der Waals surface area (Å²) in [6.07, 6.45) is 1.65. The van der Waals surface area contributed by atoms with Crippen LogP contribution in [0.25, 0.3) is 16.7 Å². The number of ether oxygens (including phenoxy) is 1. The quantitative estimate of drug-likeness (QED) is 0.332. The van der Waals surface area contributed by atoms with Gasteiger partial charge in [-0.15, -0.1) is 11.3 Å². The first kappa shape index (κ1) is 22.6. The number of hydrogen-bond donors (Lipinski definition) is 0. The van der Waals surface area contributed by atoms with E-state index in [0.29, 0.717) is 22.7 Å². The Morgan fingerprint density at radius 3 is 2.67 bits per heavy atom. The summed E-state index contributed by atoms with van der Waals surface area (Å²) in [7, 11) is 0. The molecule has 1 amide bonds. The number of aryl methyl sites for hydroxylation is 1. The van der Waals surface area contributed by atoms with Crippen molar-refractivity contribution in [1.82, 2.24) is 14.0 Å². The number of thiophene rings is 1. The Kier molecular flexibility index (Phi) is 6.24. The van der Waals surface area contributed by atoms with E-state index in [-0.39, 0.29) is 34.5 Å². The summed E-state index contributed by atoms with van der Waals surface area (Å²) < 4.78 is 8.39. The molecule has 4 aromatic heterocycles. The molecule has 0 fully saturated rings. The first-order chi connectivity index (χ1) is 15.8. The third kappa shape index (κ3) is 4.23. The van der Waals surface area contributed by atoms with Gasteiger partial charge in [0, 0.05) is 12.7 Å². The van der Waals surface area contributed by atoms with Gasteiger partial charge in [0.2, 0.25) is 0 Å². The van der Waals surface area contributed by atoms with Gasteiger partial charge in [-0.25, -0.2) is 9.78 Å². The lowest BCUT2D eigenvalue weighted by Crippen LogP contribution is -2.33. The van der Waals surface area contributed by atoms with E-state index >= 15 is 0 Å². The summed E-state index contributed by atoms with van der Waals surface area (Å²) in [5.74, 6) is -0.997. The molecule has 0 radical (unpaired) electrons. The zero-order valence-corrected chi connectivity index (χ0v) is 19.7. The molecule has 0 aliphatic heterocycles. The van der Waals surface area contributed by atoms with Gasteiger partial charge in [0.05, 0.1) is 16.9 Å². The highest BCUT2D eigenvalue weighted by atomic mass is 32.1. The predicted molar refractivity (Wildman–Crippen MR) is 127 cm³/mol. The maximum Gasteiger partial charge on any atom is 0.341 e. The van der Waals surface area contributed by atoms with Crippen LogP contribution in [-0.4, -0.2) is 32.4 Å². The third-order valence-corrected chi connectivity index (χ3v) is 5.95. The lowest BCUT2D eigenvalue weighted by atomic mass is 10.1. The summed E-state index contributed by atoms with van der Waals surface area (Å²) in [4.78, 5) is 48.8. The van der Waals surface area contributed by atoms with Crippen LogP contribution in [0.15, 0.2) is 51.7 Å². The minimum atomic E-state index is -0.650. The first-order valence-corrected chi connectivity index (χ1v) is 11.5. The van der Waals surface area contributed by atoms with Crippen molar-refractivity contribution < 1.29 is 14.3 Å². The van der Waals surface area contributed by atoms with Crippen molar-refractivity contribution in [2.24, 2.45) is 10.9 Å². The number of fused-ring (bicyclic) bond motifs is 2. The smallest absolute Gasteiger partial charge is 0.341 e. The van der Waals surface area contributed by atoms with E-state index in [9.17, 15) is 14.4 Å². The third-order valence-electron chi connectivity index (χ3n) is 5.09. The van der Waals surface area contributed by atoms with E-state index in [4.69, 9.17) is 9.72 Å². The van der Waals surface area contributed by atoms with Gasteiger partial charge in [-0.2, -0.15) is 4.99 Å². The molecule has 0 unspecified atom stereocenters. The number of nitrogens with zero attached hydrogens (tertiary/aromatic N) is 4. The van der Waals surface area contributed by atoms with Crippen LogP contribution < -0.4 is 11.0 Å². The van der Waals surface area contributed by atoms with E-state index in [0.717, 1.165) is 5.56 Å². The molecule has 4 heterocycles. The molecule has 33 heavy (non-hydrogen) atoms. The van der Waals surface area contributed by atoms with Crippen LogP contribution in [0.3, 0.4) is 0 Å². The predicted octanol–water partition coefficient (Wildman–Crippen LogP) is 3.59. The lowest BCUT2D eigenvalue weighted by molar-refractivity contribution is 0.0523. The van der Waals surface area contributed by atoms with Gasteiger partial charge in [-0.3, -0.25) is 14.0 Å². The SMILES string of the molecule is CCOC(=O)c1cc2c(=O)n3cccc(C)c3nc2n(CC(C)C)c1=NC(=O)c1cccs1. The molecule has 0 aliphatic rings. The van der Waals surface area contributed by atoms with Gasteiger partial charge < -0.3 is 9.30 Å². The Bertz CT molecular complexity index is 1500. The number of pyridine rings is 2. The van der Waals surface area contributed by atoms with Crippen LogP contribution >= 0.6 is 11.3 Å². The number of rotatable bonds is 5. The minimum Gasteiger partial charge on any atom is -0.462 e. The fraction of sp³-hybridized carbons (Fsp3) is 0.292. The molecule has 0 bridgehead atoms. The molecule has 0 saturated heterocycles. The molecule has 0 aliphatic carbocycles. The Labute approximate surface area is 193 Å². The van der Waals surface area contributed by atoms with Crippen LogP contribution in [-0.2, 0) is 11.3 Å². The van der Waals surface area contributed by atoms with E-state index in [2.05, 4.69) is 4.99 Å². The van der Waals surface area contributed by atoms with Crippen LogP contribution in [0.5, 0.6) is 0 Å². The lowest BCUT2D eigenvalue weighted by Gasteiger charge is -2.17. The Hall–Kier alpha value is -3.59. The summed E-state index contributed by atoms with van der Waals surface area (Å²) in [6.45, 7) is 8.11. The van der Waals surface area contributed by atoms with Gasteiger partial charge in [0.1, 0.15) is 16.9 Å². The maximum atomic E-state index is 13.4. The minimum absolute atomic E-state index is 0.0569. The number of hydrogen-bond acceptors (Lipinski definition) is 6. The molecule has 0 aromatic carbocycles. The monoisotopic (exact) mass is 464 g/mol. The van der Waals surface area contributed by atoms with Crippen molar-refractivity contribution in [3.63, 3.8) is 0 Å². The average Bonchev–Trinajstić information content (AvgIpc) is 3.31. The fourth-order valence-corrected chi connectivity index (χ4v) is 4.26. The van der Waals surface area contributed by atoms with E-state index in [1.54, 1.807) is 41.3 Å². The van der Waals surface area contributed by atoms with E-state index in [1.807, 2.05) is 26.8 Å². The zero-order valence-electron chi connectivity index (χ0n) is 18.9. The molecule has 9 heteroatoms.